The number of rotatable bonds is 1. The van der Waals surface area contributed by atoms with E-state index in [4.69, 9.17) is 0 Å². The standard InChI is InChI=1S/C25H33NO2/c1-16(27)25-10-4-3-5-18(25)14-22-20-7-6-17-13-19(28)8-12-24(17,15-26)21(20)9-11-23(22,25)2/h13,18,20-22H,3-12,14H2,1-2H3/t18-,20-,21+,22+,23+,24-,25+/m1/s1. The first kappa shape index (κ1) is 18.6. The molecule has 4 fully saturated rings. The third-order valence-electron chi connectivity index (χ3n) is 10.3. The lowest BCUT2D eigenvalue weighted by molar-refractivity contribution is -0.147. The summed E-state index contributed by atoms with van der Waals surface area (Å²) in [7, 11) is 0. The molecule has 0 heterocycles. The van der Waals surface area contributed by atoms with E-state index >= 15 is 0 Å². The minimum absolute atomic E-state index is 0.105. The number of ketones is 2. The van der Waals surface area contributed by atoms with Crippen LogP contribution in [0.25, 0.3) is 0 Å². The maximum atomic E-state index is 13.1. The quantitative estimate of drug-likeness (QED) is 0.613. The molecule has 0 amide bonds. The number of nitriles is 1. The van der Waals surface area contributed by atoms with Gasteiger partial charge in [0.2, 0.25) is 0 Å². The summed E-state index contributed by atoms with van der Waals surface area (Å²) in [5.41, 5.74) is 0.718. The van der Waals surface area contributed by atoms with Crippen molar-refractivity contribution >= 4 is 11.6 Å². The van der Waals surface area contributed by atoms with Crippen LogP contribution in [0.1, 0.15) is 84.5 Å². The Hall–Kier alpha value is -1.43. The summed E-state index contributed by atoms with van der Waals surface area (Å²) >= 11 is 0. The largest absolute Gasteiger partial charge is 0.299 e. The second kappa shape index (κ2) is 6.04. The Morgan fingerprint density at radius 2 is 1.93 bits per heavy atom. The van der Waals surface area contributed by atoms with Crippen molar-refractivity contribution in [2.75, 3.05) is 0 Å². The van der Waals surface area contributed by atoms with Gasteiger partial charge >= 0.3 is 0 Å². The molecule has 3 nitrogen and oxygen atoms in total. The van der Waals surface area contributed by atoms with Crippen LogP contribution >= 0.6 is 0 Å². The molecule has 0 aliphatic heterocycles. The van der Waals surface area contributed by atoms with Crippen LogP contribution in [0.3, 0.4) is 0 Å². The third kappa shape index (κ3) is 2.05. The molecule has 5 aliphatic carbocycles. The molecular formula is C25H33NO2. The van der Waals surface area contributed by atoms with Gasteiger partial charge in [-0.15, -0.1) is 0 Å². The molecule has 0 aromatic rings. The lowest BCUT2D eigenvalue weighted by Crippen LogP contribution is -2.55. The number of carbonyl (C=O) groups excluding carboxylic acids is 2. The maximum absolute atomic E-state index is 13.1. The van der Waals surface area contributed by atoms with Gasteiger partial charge in [-0.2, -0.15) is 5.26 Å². The normalized spacial score (nSPS) is 49.8. The minimum Gasteiger partial charge on any atom is -0.299 e. The first-order valence-electron chi connectivity index (χ1n) is 11.6. The Morgan fingerprint density at radius 3 is 2.68 bits per heavy atom. The van der Waals surface area contributed by atoms with E-state index in [0.717, 1.165) is 44.1 Å². The first-order valence-corrected chi connectivity index (χ1v) is 11.6. The van der Waals surface area contributed by atoms with Gasteiger partial charge < -0.3 is 0 Å². The minimum atomic E-state index is -0.407. The smallest absolute Gasteiger partial charge is 0.155 e. The zero-order chi connectivity index (χ0) is 19.7. The number of allylic oxidation sites excluding steroid dienone is 1. The molecular weight excluding hydrogens is 346 g/mol. The summed E-state index contributed by atoms with van der Waals surface area (Å²) in [6, 6.07) is 2.74. The van der Waals surface area contributed by atoms with Gasteiger partial charge in [-0.1, -0.05) is 19.8 Å². The van der Waals surface area contributed by atoms with Crippen LogP contribution in [0.5, 0.6) is 0 Å². The summed E-state index contributed by atoms with van der Waals surface area (Å²) in [4.78, 5) is 25.1. The molecule has 0 radical (unpaired) electrons. The van der Waals surface area contributed by atoms with Crippen molar-refractivity contribution in [2.45, 2.75) is 84.5 Å². The number of hydrogen-bond acceptors (Lipinski definition) is 3. The summed E-state index contributed by atoms with van der Waals surface area (Å²) in [5, 5.41) is 10.3. The highest BCUT2D eigenvalue weighted by Gasteiger charge is 2.69. The predicted molar refractivity (Wildman–Crippen MR) is 107 cm³/mol. The maximum Gasteiger partial charge on any atom is 0.155 e. The number of hydrogen-bond donors (Lipinski definition) is 0. The molecule has 0 unspecified atom stereocenters. The van der Waals surface area contributed by atoms with Crippen LogP contribution in [-0.2, 0) is 9.59 Å². The molecule has 4 saturated carbocycles. The molecule has 0 aromatic carbocycles. The monoisotopic (exact) mass is 379 g/mol. The van der Waals surface area contributed by atoms with E-state index in [0.29, 0.717) is 35.9 Å². The van der Waals surface area contributed by atoms with Crippen molar-refractivity contribution in [3.05, 3.63) is 11.6 Å². The molecule has 3 heteroatoms. The molecule has 5 rings (SSSR count). The predicted octanol–water partition coefficient (Wildman–Crippen LogP) is 5.40. The van der Waals surface area contributed by atoms with Crippen LogP contribution in [0, 0.1) is 51.2 Å². The van der Waals surface area contributed by atoms with E-state index in [1.54, 1.807) is 0 Å². The number of fused-ring (bicyclic) bond motifs is 7. The Kier molecular flexibility index (Phi) is 4.01. The van der Waals surface area contributed by atoms with Gasteiger partial charge in [0, 0.05) is 11.8 Å². The number of carbonyl (C=O) groups is 2. The van der Waals surface area contributed by atoms with Gasteiger partial charge in [-0.25, -0.2) is 0 Å². The molecule has 5 aliphatic rings. The van der Waals surface area contributed by atoms with Crippen LogP contribution < -0.4 is 0 Å². The Balaban J connectivity index is 1.57. The average molecular weight is 380 g/mol. The lowest BCUT2D eigenvalue weighted by Gasteiger charge is -2.59. The molecule has 7 atom stereocenters. The molecule has 0 spiro atoms. The van der Waals surface area contributed by atoms with E-state index in [-0.39, 0.29) is 16.6 Å². The van der Waals surface area contributed by atoms with Gasteiger partial charge in [0.1, 0.15) is 5.78 Å². The topological polar surface area (TPSA) is 57.9 Å². The summed E-state index contributed by atoms with van der Waals surface area (Å²) in [6.07, 6.45) is 13.2. The van der Waals surface area contributed by atoms with Crippen molar-refractivity contribution in [3.8, 4) is 6.07 Å². The Morgan fingerprint density at radius 1 is 1.11 bits per heavy atom. The summed E-state index contributed by atoms with van der Waals surface area (Å²) in [6.45, 7) is 4.30. The van der Waals surface area contributed by atoms with Crippen molar-refractivity contribution in [1.29, 1.82) is 5.26 Å². The fourth-order valence-electron chi connectivity index (χ4n) is 9.23. The average Bonchev–Trinajstić information content (AvgIpc) is 2.97. The highest BCUT2D eigenvalue weighted by molar-refractivity contribution is 5.92. The van der Waals surface area contributed by atoms with Crippen LogP contribution in [0.2, 0.25) is 0 Å². The zero-order valence-electron chi connectivity index (χ0n) is 17.4. The van der Waals surface area contributed by atoms with Crippen LogP contribution in [-0.4, -0.2) is 11.6 Å². The van der Waals surface area contributed by atoms with Gasteiger partial charge in [-0.05, 0) is 99.0 Å². The van der Waals surface area contributed by atoms with Crippen molar-refractivity contribution < 1.29 is 9.59 Å². The molecule has 0 saturated heterocycles. The number of Topliss-reactive ketones (excluding diaryl/α,β-unsaturated/α-hetero) is 1. The molecule has 0 bridgehead atoms. The van der Waals surface area contributed by atoms with Crippen LogP contribution in [0.4, 0.5) is 0 Å². The van der Waals surface area contributed by atoms with E-state index in [2.05, 4.69) is 13.0 Å². The van der Waals surface area contributed by atoms with E-state index in [1.165, 1.54) is 25.7 Å². The van der Waals surface area contributed by atoms with Crippen LogP contribution in [0.15, 0.2) is 11.6 Å². The fourth-order valence-corrected chi connectivity index (χ4v) is 9.23. The van der Waals surface area contributed by atoms with Crippen molar-refractivity contribution in [3.63, 3.8) is 0 Å². The molecule has 0 aromatic heterocycles. The Labute approximate surface area is 168 Å². The highest BCUT2D eigenvalue weighted by Crippen LogP contribution is 2.74. The number of nitrogens with zero attached hydrogens (tertiary/aromatic N) is 1. The molecule has 150 valence electrons. The molecule has 28 heavy (non-hydrogen) atoms. The van der Waals surface area contributed by atoms with Crippen molar-refractivity contribution in [2.24, 2.45) is 39.9 Å². The zero-order valence-corrected chi connectivity index (χ0v) is 17.4. The van der Waals surface area contributed by atoms with Gasteiger partial charge in [0.15, 0.2) is 5.78 Å². The van der Waals surface area contributed by atoms with Gasteiger partial charge in [-0.3, -0.25) is 9.59 Å². The molecule has 0 N–H and O–H groups in total. The fraction of sp³-hybridized carbons (Fsp3) is 0.800. The van der Waals surface area contributed by atoms with E-state index in [1.807, 2.05) is 13.0 Å². The van der Waals surface area contributed by atoms with Gasteiger partial charge in [0.25, 0.3) is 0 Å². The SMILES string of the molecule is CC(=O)[C@@]12CCCC[C@@H]1C[C@H]1[C@@H]3CCC4=CC(=O)CC[C@]4(C#N)[C@H]3CC[C@@]12C. The van der Waals surface area contributed by atoms with Gasteiger partial charge in [0.05, 0.1) is 11.5 Å². The van der Waals surface area contributed by atoms with E-state index < -0.39 is 5.41 Å². The second-order valence-corrected chi connectivity index (χ2v) is 10.8. The third-order valence-corrected chi connectivity index (χ3v) is 10.3. The highest BCUT2D eigenvalue weighted by atomic mass is 16.1. The van der Waals surface area contributed by atoms with Crippen molar-refractivity contribution in [1.82, 2.24) is 0 Å². The lowest BCUT2D eigenvalue weighted by atomic mass is 9.43. The second-order valence-electron chi connectivity index (χ2n) is 10.8. The summed E-state index contributed by atoms with van der Waals surface area (Å²) < 4.78 is 0. The summed E-state index contributed by atoms with van der Waals surface area (Å²) in [5.74, 6) is 2.70. The first-order chi connectivity index (χ1) is 13.4. The van der Waals surface area contributed by atoms with E-state index in [9.17, 15) is 14.9 Å². The Bertz CT molecular complexity index is 806.